The van der Waals surface area contributed by atoms with Gasteiger partial charge in [-0.2, -0.15) is 0 Å². The number of hydrogen-bond donors (Lipinski definition) is 1. The van der Waals surface area contributed by atoms with Crippen molar-refractivity contribution in [2.45, 2.75) is 40.3 Å². The second-order valence-electron chi connectivity index (χ2n) is 5.58. The highest BCUT2D eigenvalue weighted by atomic mass is 32.1. The predicted molar refractivity (Wildman–Crippen MR) is 82.7 cm³/mol. The van der Waals surface area contributed by atoms with Crippen LogP contribution < -0.4 is 5.73 Å². The van der Waals surface area contributed by atoms with Crippen molar-refractivity contribution in [3.05, 3.63) is 35.1 Å². The topological polar surface area (TPSA) is 29.3 Å². The van der Waals surface area contributed by atoms with Gasteiger partial charge in [0.05, 0.1) is 0 Å². The lowest BCUT2D eigenvalue weighted by molar-refractivity contribution is 0.189. The van der Waals surface area contributed by atoms with Crippen LogP contribution in [0.4, 0.5) is 4.39 Å². The zero-order chi connectivity index (χ0) is 14.6. The summed E-state index contributed by atoms with van der Waals surface area (Å²) in [4.78, 5) is 2.63. The second kappa shape index (κ2) is 6.96. The first kappa shape index (κ1) is 16.1. The van der Waals surface area contributed by atoms with E-state index < -0.39 is 0 Å². The van der Waals surface area contributed by atoms with E-state index >= 15 is 0 Å². The molecule has 106 valence electrons. The third-order valence-electron chi connectivity index (χ3n) is 3.04. The zero-order valence-corrected chi connectivity index (χ0v) is 12.9. The Balaban J connectivity index is 3.01. The number of rotatable bonds is 6. The van der Waals surface area contributed by atoms with Gasteiger partial charge in [0.25, 0.3) is 0 Å². The minimum Gasteiger partial charge on any atom is -0.389 e. The van der Waals surface area contributed by atoms with Crippen LogP contribution in [0, 0.1) is 11.7 Å². The van der Waals surface area contributed by atoms with Crippen LogP contribution in [0.15, 0.2) is 18.2 Å². The van der Waals surface area contributed by atoms with Crippen molar-refractivity contribution < 1.29 is 4.39 Å². The molecule has 0 bridgehead atoms. The first-order valence-electron chi connectivity index (χ1n) is 6.63. The summed E-state index contributed by atoms with van der Waals surface area (Å²) in [5, 5.41) is 0. The minimum atomic E-state index is -0.247. The Morgan fingerprint density at radius 1 is 1.32 bits per heavy atom. The lowest BCUT2D eigenvalue weighted by atomic mass is 10.0. The van der Waals surface area contributed by atoms with Crippen LogP contribution in [0.5, 0.6) is 0 Å². The van der Waals surface area contributed by atoms with Crippen LogP contribution >= 0.6 is 12.2 Å². The van der Waals surface area contributed by atoms with E-state index in [0.717, 1.165) is 17.7 Å². The van der Waals surface area contributed by atoms with E-state index in [1.165, 1.54) is 12.1 Å². The normalized spacial score (nSPS) is 11.6. The molecule has 0 aliphatic heterocycles. The Morgan fingerprint density at radius 3 is 2.42 bits per heavy atom. The SMILES string of the molecule is CC(C)CN(Cc1cc(F)ccc1C(N)=S)C(C)C. The molecule has 2 nitrogen and oxygen atoms in total. The van der Waals surface area contributed by atoms with E-state index in [2.05, 4.69) is 32.6 Å². The molecule has 0 saturated heterocycles. The van der Waals surface area contributed by atoms with Crippen molar-refractivity contribution in [3.8, 4) is 0 Å². The number of halogens is 1. The Morgan fingerprint density at radius 2 is 1.95 bits per heavy atom. The van der Waals surface area contributed by atoms with E-state index in [-0.39, 0.29) is 5.82 Å². The highest BCUT2D eigenvalue weighted by Gasteiger charge is 2.15. The standard InChI is InChI=1S/C15H23FN2S/c1-10(2)8-18(11(3)4)9-12-7-13(16)5-6-14(12)15(17)19/h5-7,10-11H,8-9H2,1-4H3,(H2,17,19). The summed E-state index contributed by atoms with van der Waals surface area (Å²) >= 11 is 5.04. The van der Waals surface area contributed by atoms with Gasteiger partial charge in [-0.15, -0.1) is 0 Å². The monoisotopic (exact) mass is 282 g/mol. The number of nitrogens with zero attached hydrogens (tertiary/aromatic N) is 1. The molecule has 1 aromatic rings. The van der Waals surface area contributed by atoms with Crippen molar-refractivity contribution >= 4 is 17.2 Å². The highest BCUT2D eigenvalue weighted by molar-refractivity contribution is 7.80. The molecule has 19 heavy (non-hydrogen) atoms. The summed E-state index contributed by atoms with van der Waals surface area (Å²) in [7, 11) is 0. The molecule has 0 fully saturated rings. The molecule has 0 aromatic heterocycles. The molecule has 0 heterocycles. The van der Waals surface area contributed by atoms with Gasteiger partial charge in [-0.1, -0.05) is 26.1 Å². The van der Waals surface area contributed by atoms with E-state index in [0.29, 0.717) is 23.5 Å². The third kappa shape index (κ3) is 4.88. The molecule has 0 aliphatic rings. The third-order valence-corrected chi connectivity index (χ3v) is 3.26. The van der Waals surface area contributed by atoms with Crippen molar-refractivity contribution in [3.63, 3.8) is 0 Å². The van der Waals surface area contributed by atoms with Crippen LogP contribution in [0.2, 0.25) is 0 Å². The molecule has 2 N–H and O–H groups in total. The molecule has 0 amide bonds. The second-order valence-corrected chi connectivity index (χ2v) is 6.02. The molecule has 1 aromatic carbocycles. The predicted octanol–water partition coefficient (Wildman–Crippen LogP) is 3.33. The van der Waals surface area contributed by atoms with Crippen molar-refractivity contribution in [2.24, 2.45) is 11.7 Å². The number of nitrogens with two attached hydrogens (primary N) is 1. The van der Waals surface area contributed by atoms with Crippen LogP contribution in [0.1, 0.15) is 38.8 Å². The first-order valence-corrected chi connectivity index (χ1v) is 7.04. The van der Waals surface area contributed by atoms with Gasteiger partial charge in [0.15, 0.2) is 0 Å². The average Bonchev–Trinajstić information content (AvgIpc) is 2.26. The zero-order valence-electron chi connectivity index (χ0n) is 12.1. The molecule has 0 atom stereocenters. The highest BCUT2D eigenvalue weighted by Crippen LogP contribution is 2.16. The molecule has 0 spiro atoms. The summed E-state index contributed by atoms with van der Waals surface area (Å²) in [6.45, 7) is 10.3. The molecule has 0 radical (unpaired) electrons. The number of benzene rings is 1. The van der Waals surface area contributed by atoms with Gasteiger partial charge >= 0.3 is 0 Å². The quantitative estimate of drug-likeness (QED) is 0.812. The molecular weight excluding hydrogens is 259 g/mol. The van der Waals surface area contributed by atoms with Crippen molar-refractivity contribution in [2.75, 3.05) is 6.54 Å². The fourth-order valence-electron chi connectivity index (χ4n) is 2.08. The molecule has 1 rings (SSSR count). The molecule has 0 unspecified atom stereocenters. The average molecular weight is 282 g/mol. The van der Waals surface area contributed by atoms with Crippen LogP contribution in [0.25, 0.3) is 0 Å². The van der Waals surface area contributed by atoms with E-state index in [4.69, 9.17) is 18.0 Å². The maximum absolute atomic E-state index is 13.4. The van der Waals surface area contributed by atoms with Gasteiger partial charge in [-0.3, -0.25) is 4.90 Å². The van der Waals surface area contributed by atoms with Gasteiger partial charge in [0.2, 0.25) is 0 Å². The first-order chi connectivity index (χ1) is 8.81. The Bertz CT molecular complexity index is 444. The maximum Gasteiger partial charge on any atom is 0.123 e. The molecular formula is C15H23FN2S. The Kier molecular flexibility index (Phi) is 5.88. The Hall–Kier alpha value is -1.00. The van der Waals surface area contributed by atoms with Gasteiger partial charge < -0.3 is 5.73 Å². The summed E-state index contributed by atoms with van der Waals surface area (Å²) in [5.74, 6) is 0.312. The van der Waals surface area contributed by atoms with Gasteiger partial charge in [0.1, 0.15) is 10.8 Å². The molecule has 4 heteroatoms. The van der Waals surface area contributed by atoms with Crippen LogP contribution in [-0.2, 0) is 6.54 Å². The van der Waals surface area contributed by atoms with Crippen molar-refractivity contribution in [1.29, 1.82) is 0 Å². The van der Waals surface area contributed by atoms with E-state index in [9.17, 15) is 4.39 Å². The smallest absolute Gasteiger partial charge is 0.123 e. The van der Waals surface area contributed by atoms with Crippen LogP contribution in [-0.4, -0.2) is 22.5 Å². The van der Waals surface area contributed by atoms with E-state index in [1.807, 2.05) is 0 Å². The van der Waals surface area contributed by atoms with Gasteiger partial charge in [0, 0.05) is 24.7 Å². The van der Waals surface area contributed by atoms with Crippen molar-refractivity contribution in [1.82, 2.24) is 4.90 Å². The fraction of sp³-hybridized carbons (Fsp3) is 0.533. The molecule has 0 aliphatic carbocycles. The van der Waals surface area contributed by atoms with Gasteiger partial charge in [-0.25, -0.2) is 4.39 Å². The lowest BCUT2D eigenvalue weighted by Crippen LogP contribution is -2.34. The van der Waals surface area contributed by atoms with E-state index in [1.54, 1.807) is 6.07 Å². The fourth-order valence-corrected chi connectivity index (χ4v) is 2.28. The number of hydrogen-bond acceptors (Lipinski definition) is 2. The minimum absolute atomic E-state index is 0.247. The largest absolute Gasteiger partial charge is 0.389 e. The summed E-state index contributed by atoms with van der Waals surface area (Å²) in [6, 6.07) is 5.00. The molecule has 0 saturated carbocycles. The Labute approximate surface area is 120 Å². The number of thiocarbonyl (C=S) groups is 1. The summed E-state index contributed by atoms with van der Waals surface area (Å²) < 4.78 is 13.4. The summed E-state index contributed by atoms with van der Waals surface area (Å²) in [6.07, 6.45) is 0. The van der Waals surface area contributed by atoms with Crippen LogP contribution in [0.3, 0.4) is 0 Å². The maximum atomic E-state index is 13.4. The van der Waals surface area contributed by atoms with Gasteiger partial charge in [-0.05, 0) is 43.5 Å². The summed E-state index contributed by atoms with van der Waals surface area (Å²) in [5.41, 5.74) is 7.34. The lowest BCUT2D eigenvalue weighted by Gasteiger charge is -2.29.